The maximum atomic E-state index is 13.1. The Morgan fingerprint density at radius 2 is 1.33 bits per heavy atom. The molecule has 110 valence electrons. The van der Waals surface area contributed by atoms with Crippen LogP contribution in [0.15, 0.2) is 48.5 Å². The normalized spacial score (nSPS) is 12.3. The fourth-order valence-corrected chi connectivity index (χ4v) is 2.66. The molecule has 0 aliphatic heterocycles. The second kappa shape index (κ2) is 6.22. The van der Waals surface area contributed by atoms with Crippen molar-refractivity contribution < 1.29 is 13.2 Å². The van der Waals surface area contributed by atoms with Gasteiger partial charge in [-0.2, -0.15) is 0 Å². The van der Waals surface area contributed by atoms with E-state index in [4.69, 9.17) is 4.43 Å². The largest absolute Gasteiger partial charge is 0.544 e. The van der Waals surface area contributed by atoms with Gasteiger partial charge >= 0.3 is 0 Å². The Hall–Kier alpha value is -1.94. The van der Waals surface area contributed by atoms with E-state index in [1.165, 1.54) is 24.3 Å². The summed E-state index contributed by atoms with van der Waals surface area (Å²) in [6.07, 6.45) is 1.85. The van der Waals surface area contributed by atoms with Crippen molar-refractivity contribution in [1.29, 1.82) is 0 Å². The lowest BCUT2D eigenvalue weighted by Gasteiger charge is -2.22. The van der Waals surface area contributed by atoms with E-state index in [1.54, 1.807) is 24.3 Å². The van der Waals surface area contributed by atoms with Crippen molar-refractivity contribution in [3.8, 4) is 0 Å². The maximum Gasteiger partial charge on any atom is 0.242 e. The van der Waals surface area contributed by atoms with E-state index in [1.807, 2.05) is 6.08 Å². The van der Waals surface area contributed by atoms with Gasteiger partial charge < -0.3 is 4.43 Å². The molecular weight excluding hydrogens is 286 g/mol. The lowest BCUT2D eigenvalue weighted by Crippen LogP contribution is -2.24. The summed E-state index contributed by atoms with van der Waals surface area (Å²) in [6, 6.07) is 12.4. The molecule has 0 spiro atoms. The topological polar surface area (TPSA) is 9.23 Å². The van der Waals surface area contributed by atoms with E-state index >= 15 is 0 Å². The molecule has 4 heteroatoms. The molecule has 0 heterocycles. The molecule has 0 radical (unpaired) electrons. The van der Waals surface area contributed by atoms with Crippen LogP contribution in [0.4, 0.5) is 8.78 Å². The minimum absolute atomic E-state index is 0.276. The Morgan fingerprint density at radius 3 is 1.81 bits per heavy atom. The first-order valence-corrected chi connectivity index (χ1v) is 10.2. The number of benzene rings is 2. The van der Waals surface area contributed by atoms with Gasteiger partial charge in [0.15, 0.2) is 0 Å². The highest BCUT2D eigenvalue weighted by Gasteiger charge is 2.18. The van der Waals surface area contributed by atoms with Gasteiger partial charge in [0, 0.05) is 5.56 Å². The highest BCUT2D eigenvalue weighted by atomic mass is 28.4. The maximum absolute atomic E-state index is 13.1. The Labute approximate surface area is 125 Å². The van der Waals surface area contributed by atoms with Crippen LogP contribution in [0.2, 0.25) is 19.6 Å². The summed E-state index contributed by atoms with van der Waals surface area (Å²) >= 11 is 0. The lowest BCUT2D eigenvalue weighted by atomic mass is 10.1. The van der Waals surface area contributed by atoms with Crippen molar-refractivity contribution in [2.45, 2.75) is 19.6 Å². The lowest BCUT2D eigenvalue weighted by molar-refractivity contribution is 0.517. The van der Waals surface area contributed by atoms with E-state index in [0.717, 1.165) is 11.1 Å². The van der Waals surface area contributed by atoms with Crippen LogP contribution < -0.4 is 0 Å². The van der Waals surface area contributed by atoms with E-state index in [0.29, 0.717) is 5.76 Å². The van der Waals surface area contributed by atoms with Crippen molar-refractivity contribution in [2.75, 3.05) is 0 Å². The van der Waals surface area contributed by atoms with E-state index in [2.05, 4.69) is 19.6 Å². The average molecular weight is 304 g/mol. The molecule has 2 rings (SSSR count). The molecule has 0 unspecified atom stereocenters. The molecule has 2 aromatic carbocycles. The highest BCUT2D eigenvalue weighted by molar-refractivity contribution is 6.70. The zero-order valence-electron chi connectivity index (χ0n) is 12.4. The summed E-state index contributed by atoms with van der Waals surface area (Å²) in [6.45, 7) is 6.24. The third kappa shape index (κ3) is 4.83. The van der Waals surface area contributed by atoms with Crippen LogP contribution >= 0.6 is 0 Å². The smallest absolute Gasteiger partial charge is 0.242 e. The molecule has 0 bridgehead atoms. The Kier molecular flexibility index (Phi) is 4.58. The van der Waals surface area contributed by atoms with Crippen molar-refractivity contribution in [3.63, 3.8) is 0 Å². The first-order valence-electron chi connectivity index (χ1n) is 6.76. The van der Waals surface area contributed by atoms with Gasteiger partial charge in [-0.05, 0) is 67.7 Å². The van der Waals surface area contributed by atoms with E-state index < -0.39 is 8.32 Å². The predicted octanol–water partition coefficient (Wildman–Crippen LogP) is 5.31. The number of rotatable bonds is 4. The first-order chi connectivity index (χ1) is 9.83. The molecule has 0 fully saturated rings. The third-order valence-electron chi connectivity index (χ3n) is 2.71. The van der Waals surface area contributed by atoms with Gasteiger partial charge in [-0.1, -0.05) is 12.1 Å². The second-order valence-electron chi connectivity index (χ2n) is 5.78. The molecule has 0 saturated heterocycles. The molecule has 0 amide bonds. The SMILES string of the molecule is C[Si](C)(C)O/C(=C/c1ccc(F)cc1)c1ccc(F)cc1. The summed E-state index contributed by atoms with van der Waals surface area (Å²) < 4.78 is 32.1. The first kappa shape index (κ1) is 15.4. The Morgan fingerprint density at radius 1 is 0.857 bits per heavy atom. The fraction of sp³-hybridized carbons (Fsp3) is 0.176. The average Bonchev–Trinajstić information content (AvgIpc) is 2.40. The molecule has 0 aliphatic carbocycles. The zero-order chi connectivity index (χ0) is 15.5. The van der Waals surface area contributed by atoms with Crippen molar-refractivity contribution >= 4 is 20.2 Å². The molecule has 0 aromatic heterocycles. The van der Waals surface area contributed by atoms with Crippen LogP contribution in [0.25, 0.3) is 11.8 Å². The third-order valence-corrected chi connectivity index (χ3v) is 3.54. The summed E-state index contributed by atoms with van der Waals surface area (Å²) in [5, 5.41) is 0. The van der Waals surface area contributed by atoms with Crippen LogP contribution in [-0.2, 0) is 4.43 Å². The predicted molar refractivity (Wildman–Crippen MR) is 85.1 cm³/mol. The summed E-state index contributed by atoms with van der Waals surface area (Å²) in [5.74, 6) is 0.121. The molecule has 0 saturated carbocycles. The van der Waals surface area contributed by atoms with Gasteiger partial charge in [-0.25, -0.2) is 8.78 Å². The minimum Gasteiger partial charge on any atom is -0.544 e. The molecule has 1 nitrogen and oxygen atoms in total. The van der Waals surface area contributed by atoms with Gasteiger partial charge in [-0.15, -0.1) is 0 Å². The number of hydrogen-bond donors (Lipinski definition) is 0. The van der Waals surface area contributed by atoms with Gasteiger partial charge in [-0.3, -0.25) is 0 Å². The summed E-state index contributed by atoms with van der Waals surface area (Å²) in [5.41, 5.74) is 1.65. The summed E-state index contributed by atoms with van der Waals surface area (Å²) in [7, 11) is -1.82. The Bertz CT molecular complexity index is 625. The highest BCUT2D eigenvalue weighted by Crippen LogP contribution is 2.24. The van der Waals surface area contributed by atoms with Crippen LogP contribution in [0.1, 0.15) is 11.1 Å². The minimum atomic E-state index is -1.82. The van der Waals surface area contributed by atoms with Gasteiger partial charge in [0.1, 0.15) is 17.4 Å². The van der Waals surface area contributed by atoms with Crippen LogP contribution in [0.3, 0.4) is 0 Å². The van der Waals surface area contributed by atoms with Crippen molar-refractivity contribution in [2.24, 2.45) is 0 Å². The molecular formula is C17H18F2OSi. The van der Waals surface area contributed by atoms with Crippen LogP contribution in [-0.4, -0.2) is 8.32 Å². The Balaban J connectivity index is 2.40. The molecule has 0 N–H and O–H groups in total. The van der Waals surface area contributed by atoms with E-state index in [-0.39, 0.29) is 11.6 Å². The quantitative estimate of drug-likeness (QED) is 0.422. The van der Waals surface area contributed by atoms with Crippen molar-refractivity contribution in [1.82, 2.24) is 0 Å². The summed E-state index contributed by atoms with van der Waals surface area (Å²) in [4.78, 5) is 0. The fourth-order valence-electron chi connectivity index (χ4n) is 1.83. The number of hydrogen-bond acceptors (Lipinski definition) is 1. The van der Waals surface area contributed by atoms with Gasteiger partial charge in [0.05, 0.1) is 0 Å². The van der Waals surface area contributed by atoms with Crippen molar-refractivity contribution in [3.05, 3.63) is 71.3 Å². The molecule has 21 heavy (non-hydrogen) atoms. The van der Waals surface area contributed by atoms with E-state index in [9.17, 15) is 8.78 Å². The molecule has 0 atom stereocenters. The van der Waals surface area contributed by atoms with Crippen LogP contribution in [0.5, 0.6) is 0 Å². The molecule has 0 aliphatic rings. The zero-order valence-corrected chi connectivity index (χ0v) is 13.4. The standard InChI is InChI=1S/C17H18F2OSi/c1-21(2,3)20-17(14-6-10-16(19)11-7-14)12-13-4-8-15(18)9-5-13/h4-12H,1-3H3/b17-12+. The van der Waals surface area contributed by atoms with Gasteiger partial charge in [0.2, 0.25) is 8.32 Å². The van der Waals surface area contributed by atoms with Crippen LogP contribution in [0, 0.1) is 11.6 Å². The molecule has 2 aromatic rings. The monoisotopic (exact) mass is 304 g/mol. The number of halogens is 2. The van der Waals surface area contributed by atoms with Gasteiger partial charge in [0.25, 0.3) is 0 Å². The second-order valence-corrected chi connectivity index (χ2v) is 10.2.